The van der Waals surface area contributed by atoms with Crippen molar-refractivity contribution in [1.29, 1.82) is 0 Å². The third kappa shape index (κ3) is 4.26. The molecule has 3 aromatic rings. The molecular weight excluding hydrogens is 286 g/mol. The second-order valence-electron chi connectivity index (χ2n) is 5.30. The van der Waals surface area contributed by atoms with E-state index in [0.29, 0.717) is 6.54 Å². The van der Waals surface area contributed by atoms with Gasteiger partial charge in [-0.15, -0.1) is 0 Å². The van der Waals surface area contributed by atoms with E-state index in [4.69, 9.17) is 5.73 Å². The minimum atomic E-state index is 0.280. The molecule has 0 aliphatic rings. The summed E-state index contributed by atoms with van der Waals surface area (Å²) in [7, 11) is 0. The van der Waals surface area contributed by atoms with E-state index in [1.807, 2.05) is 24.4 Å². The predicted octanol–water partition coefficient (Wildman–Crippen LogP) is 2.85. The number of rotatable bonds is 6. The maximum absolute atomic E-state index is 5.73. The Bertz CT molecular complexity index is 744. The summed E-state index contributed by atoms with van der Waals surface area (Å²) in [6, 6.07) is 14.3. The Balaban J connectivity index is 1.70. The molecule has 0 aliphatic heterocycles. The maximum Gasteiger partial charge on any atom is 0.221 e. The molecule has 0 atom stereocenters. The minimum Gasteiger partial charge on any atom is -0.368 e. The fraction of sp³-hybridized carbons (Fsp3) is 0.167. The first-order valence-corrected chi connectivity index (χ1v) is 7.59. The average molecular weight is 305 g/mol. The molecule has 0 saturated carbocycles. The predicted molar refractivity (Wildman–Crippen MR) is 91.9 cm³/mol. The standard InChI is InChI=1S/C18H19N5/c19-18-22-13-16(9-8-14-5-2-1-3-6-14)17(23-18)21-12-15-7-4-10-20-11-15/h1-7,10-11,13H,8-9,12H2,(H3,19,21,22,23). The van der Waals surface area contributed by atoms with Crippen LogP contribution in [-0.4, -0.2) is 15.0 Å². The molecule has 0 fully saturated rings. The zero-order chi connectivity index (χ0) is 15.9. The summed E-state index contributed by atoms with van der Waals surface area (Å²) in [6.07, 6.45) is 7.20. The highest BCUT2D eigenvalue weighted by Gasteiger charge is 2.06. The second kappa shape index (κ2) is 7.35. The molecule has 0 bridgehead atoms. The molecule has 2 heterocycles. The van der Waals surface area contributed by atoms with Gasteiger partial charge in [-0.25, -0.2) is 4.98 Å². The third-order valence-electron chi connectivity index (χ3n) is 3.59. The largest absolute Gasteiger partial charge is 0.368 e. The number of nitrogens with zero attached hydrogens (tertiary/aromatic N) is 3. The first-order chi connectivity index (χ1) is 11.3. The Hall–Kier alpha value is -2.95. The lowest BCUT2D eigenvalue weighted by Gasteiger charge is -2.11. The Morgan fingerprint density at radius 1 is 0.913 bits per heavy atom. The molecule has 0 unspecified atom stereocenters. The smallest absolute Gasteiger partial charge is 0.221 e. The average Bonchev–Trinajstić information content (AvgIpc) is 2.61. The summed E-state index contributed by atoms with van der Waals surface area (Å²) >= 11 is 0. The van der Waals surface area contributed by atoms with Crippen molar-refractivity contribution >= 4 is 11.8 Å². The Kier molecular flexibility index (Phi) is 4.79. The van der Waals surface area contributed by atoms with Crippen molar-refractivity contribution in [1.82, 2.24) is 15.0 Å². The molecule has 116 valence electrons. The Labute approximate surface area is 135 Å². The van der Waals surface area contributed by atoms with Gasteiger partial charge in [0.1, 0.15) is 5.82 Å². The molecule has 0 amide bonds. The van der Waals surface area contributed by atoms with Gasteiger partial charge >= 0.3 is 0 Å². The van der Waals surface area contributed by atoms with E-state index in [2.05, 4.69) is 44.5 Å². The van der Waals surface area contributed by atoms with Crippen molar-refractivity contribution in [2.24, 2.45) is 0 Å². The highest BCUT2D eigenvalue weighted by molar-refractivity contribution is 5.46. The number of anilines is 2. The van der Waals surface area contributed by atoms with Crippen LogP contribution in [0.3, 0.4) is 0 Å². The molecular formula is C18H19N5. The van der Waals surface area contributed by atoms with Gasteiger partial charge in [0.25, 0.3) is 0 Å². The van der Waals surface area contributed by atoms with Gasteiger partial charge in [-0.3, -0.25) is 4.98 Å². The molecule has 1 aromatic carbocycles. The summed E-state index contributed by atoms with van der Waals surface area (Å²) in [6.45, 7) is 0.655. The number of hydrogen-bond acceptors (Lipinski definition) is 5. The molecule has 0 spiro atoms. The first kappa shape index (κ1) is 15.0. The van der Waals surface area contributed by atoms with Gasteiger partial charge in [0.15, 0.2) is 0 Å². The van der Waals surface area contributed by atoms with Crippen LogP contribution in [-0.2, 0) is 19.4 Å². The van der Waals surface area contributed by atoms with Crippen LogP contribution < -0.4 is 11.1 Å². The molecule has 0 saturated heterocycles. The van der Waals surface area contributed by atoms with Crippen LogP contribution in [0.1, 0.15) is 16.7 Å². The van der Waals surface area contributed by atoms with Crippen LogP contribution in [0.2, 0.25) is 0 Å². The summed E-state index contributed by atoms with van der Waals surface area (Å²) in [5.41, 5.74) is 9.18. The highest BCUT2D eigenvalue weighted by Crippen LogP contribution is 2.16. The fourth-order valence-corrected chi connectivity index (χ4v) is 2.37. The van der Waals surface area contributed by atoms with Crippen LogP contribution in [0.25, 0.3) is 0 Å². The van der Waals surface area contributed by atoms with Crippen molar-refractivity contribution < 1.29 is 0 Å². The molecule has 2 aromatic heterocycles. The SMILES string of the molecule is Nc1ncc(CCc2ccccc2)c(NCc2cccnc2)n1. The van der Waals surface area contributed by atoms with Gasteiger partial charge in [-0.2, -0.15) is 4.98 Å². The van der Waals surface area contributed by atoms with E-state index < -0.39 is 0 Å². The van der Waals surface area contributed by atoms with Crippen molar-refractivity contribution in [2.45, 2.75) is 19.4 Å². The highest BCUT2D eigenvalue weighted by atomic mass is 15.1. The molecule has 0 aliphatic carbocycles. The van der Waals surface area contributed by atoms with E-state index in [1.54, 1.807) is 12.4 Å². The van der Waals surface area contributed by atoms with Crippen molar-refractivity contribution in [3.8, 4) is 0 Å². The van der Waals surface area contributed by atoms with E-state index >= 15 is 0 Å². The van der Waals surface area contributed by atoms with Crippen LogP contribution in [0.5, 0.6) is 0 Å². The number of aromatic nitrogens is 3. The van der Waals surface area contributed by atoms with Crippen molar-refractivity contribution in [2.75, 3.05) is 11.1 Å². The number of aryl methyl sites for hydroxylation is 2. The summed E-state index contributed by atoms with van der Waals surface area (Å²) < 4.78 is 0. The lowest BCUT2D eigenvalue weighted by molar-refractivity contribution is 0.928. The van der Waals surface area contributed by atoms with Crippen LogP contribution in [0, 0.1) is 0 Å². The van der Waals surface area contributed by atoms with Gasteiger partial charge in [0.05, 0.1) is 0 Å². The monoisotopic (exact) mass is 305 g/mol. The van der Waals surface area contributed by atoms with Gasteiger partial charge in [0, 0.05) is 30.7 Å². The lowest BCUT2D eigenvalue weighted by atomic mass is 10.1. The molecule has 5 nitrogen and oxygen atoms in total. The molecule has 3 rings (SSSR count). The maximum atomic E-state index is 5.73. The van der Waals surface area contributed by atoms with Crippen LogP contribution >= 0.6 is 0 Å². The van der Waals surface area contributed by atoms with Crippen molar-refractivity contribution in [3.05, 3.63) is 77.7 Å². The van der Waals surface area contributed by atoms with E-state index in [9.17, 15) is 0 Å². The Morgan fingerprint density at radius 2 is 1.74 bits per heavy atom. The Morgan fingerprint density at radius 3 is 2.52 bits per heavy atom. The quantitative estimate of drug-likeness (QED) is 0.732. The topological polar surface area (TPSA) is 76.7 Å². The van der Waals surface area contributed by atoms with E-state index in [1.165, 1.54) is 5.56 Å². The third-order valence-corrected chi connectivity index (χ3v) is 3.59. The number of hydrogen-bond donors (Lipinski definition) is 2. The summed E-state index contributed by atoms with van der Waals surface area (Å²) in [4.78, 5) is 12.6. The van der Waals surface area contributed by atoms with E-state index in [0.717, 1.165) is 29.8 Å². The minimum absolute atomic E-state index is 0.280. The second-order valence-corrected chi connectivity index (χ2v) is 5.30. The zero-order valence-electron chi connectivity index (χ0n) is 12.8. The number of nitrogen functional groups attached to an aromatic ring is 1. The van der Waals surface area contributed by atoms with E-state index in [-0.39, 0.29) is 5.95 Å². The van der Waals surface area contributed by atoms with Gasteiger partial charge < -0.3 is 11.1 Å². The van der Waals surface area contributed by atoms with Gasteiger partial charge in [-0.05, 0) is 30.0 Å². The molecule has 5 heteroatoms. The zero-order valence-corrected chi connectivity index (χ0v) is 12.8. The summed E-state index contributed by atoms with van der Waals surface area (Å²) in [5, 5.41) is 3.34. The van der Waals surface area contributed by atoms with Crippen LogP contribution in [0.4, 0.5) is 11.8 Å². The fourth-order valence-electron chi connectivity index (χ4n) is 2.37. The number of nitrogens with two attached hydrogens (primary N) is 1. The van der Waals surface area contributed by atoms with Crippen LogP contribution in [0.15, 0.2) is 61.1 Å². The number of benzene rings is 1. The lowest BCUT2D eigenvalue weighted by Crippen LogP contribution is -2.08. The van der Waals surface area contributed by atoms with Crippen molar-refractivity contribution in [3.63, 3.8) is 0 Å². The first-order valence-electron chi connectivity index (χ1n) is 7.59. The molecule has 0 radical (unpaired) electrons. The molecule has 3 N–H and O–H groups in total. The summed E-state index contributed by atoms with van der Waals surface area (Å²) in [5.74, 6) is 1.07. The normalized spacial score (nSPS) is 10.4. The molecule has 23 heavy (non-hydrogen) atoms. The number of pyridine rings is 1. The van der Waals surface area contributed by atoms with Gasteiger partial charge in [-0.1, -0.05) is 36.4 Å². The number of nitrogens with one attached hydrogen (secondary N) is 1. The van der Waals surface area contributed by atoms with Gasteiger partial charge in [0.2, 0.25) is 5.95 Å².